The summed E-state index contributed by atoms with van der Waals surface area (Å²) in [4.78, 5) is 4.89. The standard InChI is InChI=1S/C27H35F3N2O3S/c1-35-19-22-10-13-24(16-26(22)36(2,33)34)31-14-15-32(25(18-31)21-6-4-3-5-7-21)17-20-8-11-23(12-9-20)27(28,29)30/h3-7,10,13,16,20,23,25H,8-9,11-12,14-15,17-19H2,1-2H3. The van der Waals surface area contributed by atoms with E-state index in [0.717, 1.165) is 24.3 Å². The lowest BCUT2D eigenvalue weighted by atomic mass is 9.81. The van der Waals surface area contributed by atoms with Gasteiger partial charge in [-0.15, -0.1) is 0 Å². The smallest absolute Gasteiger partial charge is 0.380 e. The summed E-state index contributed by atoms with van der Waals surface area (Å²) in [5.74, 6) is -0.910. The van der Waals surface area contributed by atoms with Crippen molar-refractivity contribution in [2.45, 2.75) is 49.4 Å². The Labute approximate surface area is 212 Å². The Kier molecular flexibility index (Phi) is 8.32. The van der Waals surface area contributed by atoms with Crippen LogP contribution >= 0.6 is 0 Å². The van der Waals surface area contributed by atoms with Crippen LogP contribution in [-0.2, 0) is 21.2 Å². The minimum atomic E-state index is -4.09. The molecule has 4 rings (SSSR count). The van der Waals surface area contributed by atoms with Crippen molar-refractivity contribution in [2.24, 2.45) is 11.8 Å². The molecule has 1 saturated heterocycles. The second-order valence-corrected chi connectivity index (χ2v) is 12.1. The second kappa shape index (κ2) is 11.1. The molecule has 2 fully saturated rings. The molecule has 9 heteroatoms. The summed E-state index contributed by atoms with van der Waals surface area (Å²) < 4.78 is 69.5. The van der Waals surface area contributed by atoms with Crippen molar-refractivity contribution in [3.8, 4) is 0 Å². The summed E-state index contributed by atoms with van der Waals surface area (Å²) in [5.41, 5.74) is 2.64. The fraction of sp³-hybridized carbons (Fsp3) is 0.556. The molecule has 5 nitrogen and oxygen atoms in total. The van der Waals surface area contributed by atoms with Crippen LogP contribution < -0.4 is 4.90 Å². The summed E-state index contributed by atoms with van der Waals surface area (Å²) >= 11 is 0. The molecule has 198 valence electrons. The zero-order chi connectivity index (χ0) is 25.9. The van der Waals surface area contributed by atoms with E-state index < -0.39 is 21.9 Å². The SMILES string of the molecule is COCc1ccc(N2CCN(CC3CCC(C(F)(F)F)CC3)C(c3ccccc3)C2)cc1S(C)(=O)=O. The van der Waals surface area contributed by atoms with Gasteiger partial charge in [0.25, 0.3) is 0 Å². The number of sulfone groups is 1. The summed E-state index contributed by atoms with van der Waals surface area (Å²) in [6, 6.07) is 15.7. The van der Waals surface area contributed by atoms with Gasteiger partial charge >= 0.3 is 6.18 Å². The van der Waals surface area contributed by atoms with E-state index in [4.69, 9.17) is 4.74 Å². The van der Waals surface area contributed by atoms with E-state index in [1.54, 1.807) is 13.2 Å². The first-order valence-electron chi connectivity index (χ1n) is 12.5. The highest BCUT2D eigenvalue weighted by atomic mass is 32.2. The van der Waals surface area contributed by atoms with E-state index >= 15 is 0 Å². The minimum Gasteiger partial charge on any atom is -0.380 e. The van der Waals surface area contributed by atoms with Gasteiger partial charge in [-0.25, -0.2) is 8.42 Å². The predicted octanol–water partition coefficient (Wildman–Crippen LogP) is 5.47. The van der Waals surface area contributed by atoms with Crippen LogP contribution in [0.4, 0.5) is 18.9 Å². The van der Waals surface area contributed by atoms with Gasteiger partial charge in [-0.2, -0.15) is 13.2 Å². The zero-order valence-corrected chi connectivity index (χ0v) is 21.7. The predicted molar refractivity (Wildman–Crippen MR) is 135 cm³/mol. The van der Waals surface area contributed by atoms with Gasteiger partial charge in [0.1, 0.15) is 0 Å². The van der Waals surface area contributed by atoms with E-state index in [1.807, 2.05) is 30.3 Å². The molecule has 1 unspecified atom stereocenters. The van der Waals surface area contributed by atoms with Crippen molar-refractivity contribution in [2.75, 3.05) is 44.4 Å². The number of piperazine rings is 1. The number of methoxy groups -OCH3 is 1. The van der Waals surface area contributed by atoms with Crippen LogP contribution in [-0.4, -0.2) is 59.0 Å². The molecular weight excluding hydrogens is 489 g/mol. The van der Waals surface area contributed by atoms with Gasteiger partial charge in [-0.3, -0.25) is 4.90 Å². The van der Waals surface area contributed by atoms with E-state index in [0.29, 0.717) is 31.5 Å². The van der Waals surface area contributed by atoms with Gasteiger partial charge in [0.15, 0.2) is 9.84 Å². The molecule has 2 aromatic rings. The highest BCUT2D eigenvalue weighted by Crippen LogP contribution is 2.41. The number of hydrogen-bond donors (Lipinski definition) is 0. The molecule has 1 heterocycles. The van der Waals surface area contributed by atoms with Gasteiger partial charge < -0.3 is 9.64 Å². The number of nitrogens with zero attached hydrogens (tertiary/aromatic N) is 2. The first-order valence-corrected chi connectivity index (χ1v) is 14.4. The highest BCUT2D eigenvalue weighted by Gasteiger charge is 2.42. The molecule has 0 N–H and O–H groups in total. The van der Waals surface area contributed by atoms with Gasteiger partial charge in [0.2, 0.25) is 0 Å². The van der Waals surface area contributed by atoms with Crippen LogP contribution in [0.5, 0.6) is 0 Å². The first-order chi connectivity index (χ1) is 17.1. The van der Waals surface area contributed by atoms with Crippen molar-refractivity contribution in [3.05, 3.63) is 59.7 Å². The number of halogens is 3. The normalized spacial score (nSPS) is 24.1. The molecule has 0 bridgehead atoms. The molecule has 36 heavy (non-hydrogen) atoms. The third-order valence-electron chi connectivity index (χ3n) is 7.59. The van der Waals surface area contributed by atoms with Gasteiger partial charge in [0.05, 0.1) is 23.5 Å². The fourth-order valence-corrected chi connectivity index (χ4v) is 6.57. The van der Waals surface area contributed by atoms with Crippen molar-refractivity contribution in [3.63, 3.8) is 0 Å². The topological polar surface area (TPSA) is 49.9 Å². The molecule has 1 aliphatic carbocycles. The average molecular weight is 525 g/mol. The summed E-state index contributed by atoms with van der Waals surface area (Å²) in [7, 11) is -1.88. The molecule has 1 atom stereocenters. The first kappa shape index (κ1) is 26.9. The van der Waals surface area contributed by atoms with Crippen LogP contribution in [0.15, 0.2) is 53.4 Å². The van der Waals surface area contributed by atoms with E-state index in [1.165, 1.54) is 6.26 Å². The van der Waals surface area contributed by atoms with Gasteiger partial charge in [-0.05, 0) is 54.9 Å². The fourth-order valence-electron chi connectivity index (χ4n) is 5.63. The van der Waals surface area contributed by atoms with E-state index in [-0.39, 0.29) is 36.3 Å². The number of benzene rings is 2. The Morgan fingerprint density at radius 3 is 2.31 bits per heavy atom. The monoisotopic (exact) mass is 524 g/mol. The lowest BCUT2D eigenvalue weighted by Gasteiger charge is -2.45. The summed E-state index contributed by atoms with van der Waals surface area (Å²) in [6.45, 7) is 3.15. The maximum atomic E-state index is 13.1. The molecule has 2 aromatic carbocycles. The van der Waals surface area contributed by atoms with Crippen LogP contribution in [0.2, 0.25) is 0 Å². The highest BCUT2D eigenvalue weighted by molar-refractivity contribution is 7.90. The Morgan fingerprint density at radius 2 is 1.69 bits per heavy atom. The summed E-state index contributed by atoms with van der Waals surface area (Å²) in [6.07, 6.45) is -1.25. The largest absolute Gasteiger partial charge is 0.391 e. The molecule has 0 spiro atoms. The van der Waals surface area contributed by atoms with Crippen LogP contribution in [0, 0.1) is 11.8 Å². The third-order valence-corrected chi connectivity index (χ3v) is 8.77. The van der Waals surface area contributed by atoms with Crippen LogP contribution in [0.1, 0.15) is 42.9 Å². The number of hydrogen-bond acceptors (Lipinski definition) is 5. The average Bonchev–Trinajstić information content (AvgIpc) is 2.84. The number of anilines is 1. The number of rotatable bonds is 7. The van der Waals surface area contributed by atoms with Gasteiger partial charge in [-0.1, -0.05) is 36.4 Å². The zero-order valence-electron chi connectivity index (χ0n) is 20.9. The molecule has 0 aromatic heterocycles. The van der Waals surface area contributed by atoms with Crippen molar-refractivity contribution >= 4 is 15.5 Å². The molecule has 0 radical (unpaired) electrons. The molecule has 1 saturated carbocycles. The van der Waals surface area contributed by atoms with Crippen LogP contribution in [0.25, 0.3) is 0 Å². The molecule has 2 aliphatic rings. The lowest BCUT2D eigenvalue weighted by molar-refractivity contribution is -0.184. The number of ether oxygens (including phenoxy) is 1. The Balaban J connectivity index is 1.53. The van der Waals surface area contributed by atoms with E-state index in [2.05, 4.69) is 21.9 Å². The van der Waals surface area contributed by atoms with Crippen molar-refractivity contribution in [1.29, 1.82) is 0 Å². The lowest BCUT2D eigenvalue weighted by Crippen LogP contribution is -2.50. The van der Waals surface area contributed by atoms with Crippen LogP contribution in [0.3, 0.4) is 0 Å². The Morgan fingerprint density at radius 1 is 1.00 bits per heavy atom. The quantitative estimate of drug-likeness (QED) is 0.481. The van der Waals surface area contributed by atoms with E-state index in [9.17, 15) is 21.6 Å². The summed E-state index contributed by atoms with van der Waals surface area (Å²) in [5, 5.41) is 0. The van der Waals surface area contributed by atoms with Crippen molar-refractivity contribution in [1.82, 2.24) is 4.90 Å². The molecular formula is C27H35F3N2O3S. The van der Waals surface area contributed by atoms with Crippen molar-refractivity contribution < 1.29 is 26.3 Å². The Hall–Kier alpha value is -2.10. The maximum Gasteiger partial charge on any atom is 0.391 e. The molecule has 0 amide bonds. The minimum absolute atomic E-state index is 0.0700. The maximum absolute atomic E-state index is 13.1. The Bertz CT molecular complexity index is 1120. The number of alkyl halides is 3. The third kappa shape index (κ3) is 6.42. The second-order valence-electron chi connectivity index (χ2n) is 10.1. The molecule has 1 aliphatic heterocycles. The van der Waals surface area contributed by atoms with Gasteiger partial charge in [0, 0.05) is 45.2 Å².